The number of methoxy groups -OCH3 is 2. The number of nitrogens with zero attached hydrogens (tertiary/aromatic N) is 2. The van der Waals surface area contributed by atoms with Gasteiger partial charge in [0.05, 0.1) is 19.6 Å². The Morgan fingerprint density at radius 1 is 0.897 bits per heavy atom. The van der Waals surface area contributed by atoms with Crippen LogP contribution in [0.3, 0.4) is 0 Å². The number of hydrogen-bond acceptors (Lipinski definition) is 5. The number of hydrogen-bond donors (Lipinski definition) is 0. The third kappa shape index (κ3) is 3.72. The Kier molecular flexibility index (Phi) is 5.04. The van der Waals surface area contributed by atoms with Crippen molar-refractivity contribution in [1.82, 2.24) is 4.98 Å². The molecule has 2 aromatic carbocycles. The molecule has 0 bridgehead atoms. The first kappa shape index (κ1) is 18.7. The Morgan fingerprint density at radius 3 is 2.45 bits per heavy atom. The summed E-state index contributed by atoms with van der Waals surface area (Å²) in [6.45, 7) is 4.12. The first-order valence-electron chi connectivity index (χ1n) is 9.32. The molecular formula is C24H22N2O3. The number of ether oxygens (including phenoxy) is 2. The highest BCUT2D eigenvalue weighted by molar-refractivity contribution is 5.83. The van der Waals surface area contributed by atoms with Gasteiger partial charge in [-0.15, -0.1) is 0 Å². The monoisotopic (exact) mass is 386 g/mol. The summed E-state index contributed by atoms with van der Waals surface area (Å²) < 4.78 is 17.1. The van der Waals surface area contributed by atoms with Crippen LogP contribution in [-0.2, 0) is 0 Å². The quantitative estimate of drug-likeness (QED) is 0.474. The van der Waals surface area contributed by atoms with Gasteiger partial charge >= 0.3 is 0 Å². The number of pyridine rings is 1. The fourth-order valence-electron chi connectivity index (χ4n) is 3.44. The van der Waals surface area contributed by atoms with Crippen molar-refractivity contribution in [2.24, 2.45) is 4.99 Å². The van der Waals surface area contributed by atoms with Crippen LogP contribution in [0.5, 0.6) is 11.5 Å². The van der Waals surface area contributed by atoms with Crippen molar-refractivity contribution in [1.29, 1.82) is 0 Å². The summed E-state index contributed by atoms with van der Waals surface area (Å²) in [5, 5.41) is 1.79. The fraction of sp³-hybridized carbons (Fsp3) is 0.167. The minimum Gasteiger partial charge on any atom is -0.493 e. The molecule has 0 atom stereocenters. The molecule has 5 nitrogen and oxygen atoms in total. The lowest BCUT2D eigenvalue weighted by atomic mass is 10.0. The molecule has 0 saturated carbocycles. The van der Waals surface area contributed by atoms with Crippen LogP contribution in [0.25, 0.3) is 22.3 Å². The molecule has 0 amide bonds. The Morgan fingerprint density at radius 2 is 1.72 bits per heavy atom. The summed E-state index contributed by atoms with van der Waals surface area (Å²) >= 11 is 0. The molecule has 2 heterocycles. The SMILES string of the molecule is COc1ccc(-c2c/c(=N\c3ccccn3)c3c(C)cc(C)cc3o2)cc1OC. The smallest absolute Gasteiger partial charge is 0.161 e. The van der Waals surface area contributed by atoms with Crippen LogP contribution < -0.4 is 14.8 Å². The Balaban J connectivity index is 2.01. The first-order valence-corrected chi connectivity index (χ1v) is 9.32. The van der Waals surface area contributed by atoms with Gasteiger partial charge in [0.15, 0.2) is 17.3 Å². The summed E-state index contributed by atoms with van der Waals surface area (Å²) in [5.74, 6) is 2.66. The molecule has 146 valence electrons. The lowest BCUT2D eigenvalue weighted by Crippen LogP contribution is -2.05. The predicted molar refractivity (Wildman–Crippen MR) is 114 cm³/mol. The summed E-state index contributed by atoms with van der Waals surface area (Å²) in [6.07, 6.45) is 1.74. The normalized spacial score (nSPS) is 11.7. The highest BCUT2D eigenvalue weighted by Crippen LogP contribution is 2.33. The lowest BCUT2D eigenvalue weighted by molar-refractivity contribution is 0.355. The highest BCUT2D eigenvalue weighted by Gasteiger charge is 2.12. The van der Waals surface area contributed by atoms with Gasteiger partial charge in [-0.25, -0.2) is 9.98 Å². The summed E-state index contributed by atoms with van der Waals surface area (Å²) in [5.41, 5.74) is 3.90. The summed E-state index contributed by atoms with van der Waals surface area (Å²) in [6, 6.07) is 17.5. The second kappa shape index (κ2) is 7.80. The zero-order valence-electron chi connectivity index (χ0n) is 16.9. The van der Waals surface area contributed by atoms with Crippen LogP contribution >= 0.6 is 0 Å². The van der Waals surface area contributed by atoms with E-state index in [1.54, 1.807) is 20.4 Å². The number of aromatic nitrogens is 1. The zero-order valence-corrected chi connectivity index (χ0v) is 16.9. The Labute approximate surface area is 169 Å². The van der Waals surface area contributed by atoms with Crippen molar-refractivity contribution in [3.05, 3.63) is 77.3 Å². The van der Waals surface area contributed by atoms with Crippen LogP contribution in [0.2, 0.25) is 0 Å². The van der Waals surface area contributed by atoms with Gasteiger partial charge in [0.25, 0.3) is 0 Å². The number of aryl methyl sites for hydroxylation is 2. The van der Waals surface area contributed by atoms with Crippen LogP contribution in [0, 0.1) is 13.8 Å². The first-order chi connectivity index (χ1) is 14.1. The molecule has 0 N–H and O–H groups in total. The predicted octanol–water partition coefficient (Wildman–Crippen LogP) is 5.36. The zero-order chi connectivity index (χ0) is 20.4. The van der Waals surface area contributed by atoms with E-state index in [1.807, 2.05) is 48.5 Å². The molecule has 4 aromatic rings. The molecule has 4 rings (SSSR count). The van der Waals surface area contributed by atoms with Crippen molar-refractivity contribution in [3.8, 4) is 22.8 Å². The van der Waals surface area contributed by atoms with E-state index < -0.39 is 0 Å². The van der Waals surface area contributed by atoms with Crippen LogP contribution in [0.4, 0.5) is 5.82 Å². The maximum absolute atomic E-state index is 6.28. The second-order valence-electron chi connectivity index (χ2n) is 6.82. The molecule has 0 radical (unpaired) electrons. The molecule has 29 heavy (non-hydrogen) atoms. The average molecular weight is 386 g/mol. The topological polar surface area (TPSA) is 56.9 Å². The van der Waals surface area contributed by atoms with Gasteiger partial charge in [-0.05, 0) is 61.4 Å². The number of benzene rings is 2. The van der Waals surface area contributed by atoms with E-state index in [1.165, 1.54) is 0 Å². The molecule has 0 unspecified atom stereocenters. The van der Waals surface area contributed by atoms with Gasteiger partial charge < -0.3 is 13.9 Å². The van der Waals surface area contributed by atoms with Gasteiger partial charge in [0.2, 0.25) is 0 Å². The minimum atomic E-state index is 0.643. The van der Waals surface area contributed by atoms with Gasteiger partial charge in [0, 0.05) is 23.2 Å². The van der Waals surface area contributed by atoms with E-state index in [-0.39, 0.29) is 0 Å². The molecule has 0 aliphatic carbocycles. The number of rotatable bonds is 4. The number of fused-ring (bicyclic) bond motifs is 1. The molecule has 0 aliphatic rings. The largest absolute Gasteiger partial charge is 0.493 e. The van der Waals surface area contributed by atoms with Crippen LogP contribution in [-0.4, -0.2) is 19.2 Å². The van der Waals surface area contributed by atoms with Crippen LogP contribution in [0.1, 0.15) is 11.1 Å². The lowest BCUT2D eigenvalue weighted by Gasteiger charge is -2.11. The molecule has 0 fully saturated rings. The maximum atomic E-state index is 6.28. The van der Waals surface area contributed by atoms with Crippen LogP contribution in [0.15, 0.2) is 70.2 Å². The summed E-state index contributed by atoms with van der Waals surface area (Å²) in [7, 11) is 3.24. The standard InChI is InChI=1S/C24H22N2O3/c1-15-11-16(2)24-18(26-23-7-5-6-10-25-23)14-20(29-22(24)12-15)17-8-9-19(27-3)21(13-17)28-4/h5-14H,1-4H3/b26-18+. The van der Waals surface area contributed by atoms with E-state index in [0.29, 0.717) is 23.1 Å². The van der Waals surface area contributed by atoms with E-state index in [2.05, 4.69) is 24.9 Å². The van der Waals surface area contributed by atoms with Crippen molar-refractivity contribution >= 4 is 16.8 Å². The maximum Gasteiger partial charge on any atom is 0.161 e. The van der Waals surface area contributed by atoms with E-state index in [4.69, 9.17) is 18.9 Å². The molecular weight excluding hydrogens is 364 g/mol. The molecule has 2 aromatic heterocycles. The summed E-state index contributed by atoms with van der Waals surface area (Å²) in [4.78, 5) is 9.14. The Bertz CT molecular complexity index is 1240. The molecule has 0 aliphatic heterocycles. The molecule has 0 saturated heterocycles. The minimum absolute atomic E-state index is 0.643. The highest BCUT2D eigenvalue weighted by atomic mass is 16.5. The van der Waals surface area contributed by atoms with Crippen molar-refractivity contribution in [3.63, 3.8) is 0 Å². The molecule has 0 spiro atoms. The van der Waals surface area contributed by atoms with Gasteiger partial charge in [0.1, 0.15) is 11.3 Å². The van der Waals surface area contributed by atoms with Crippen molar-refractivity contribution in [2.45, 2.75) is 13.8 Å². The third-order valence-electron chi connectivity index (χ3n) is 4.74. The van der Waals surface area contributed by atoms with E-state index in [0.717, 1.165) is 33.0 Å². The second-order valence-corrected chi connectivity index (χ2v) is 6.82. The molecule has 5 heteroatoms. The van der Waals surface area contributed by atoms with Crippen molar-refractivity contribution < 1.29 is 13.9 Å². The van der Waals surface area contributed by atoms with E-state index in [9.17, 15) is 0 Å². The Hall–Kier alpha value is -3.60. The average Bonchev–Trinajstić information content (AvgIpc) is 2.73. The van der Waals surface area contributed by atoms with Gasteiger partial charge in [-0.2, -0.15) is 0 Å². The van der Waals surface area contributed by atoms with Gasteiger partial charge in [-0.1, -0.05) is 12.1 Å². The van der Waals surface area contributed by atoms with Gasteiger partial charge in [-0.3, -0.25) is 0 Å². The van der Waals surface area contributed by atoms with Crippen molar-refractivity contribution in [2.75, 3.05) is 14.2 Å². The van der Waals surface area contributed by atoms with E-state index >= 15 is 0 Å². The third-order valence-corrected chi connectivity index (χ3v) is 4.74. The fourth-order valence-corrected chi connectivity index (χ4v) is 3.44.